The van der Waals surface area contributed by atoms with Gasteiger partial charge in [-0.1, -0.05) is 19.4 Å². The van der Waals surface area contributed by atoms with Gasteiger partial charge in [0.1, 0.15) is 5.71 Å². The summed E-state index contributed by atoms with van der Waals surface area (Å²) in [5, 5.41) is 16.0. The van der Waals surface area contributed by atoms with Crippen LogP contribution >= 0.6 is 0 Å². The van der Waals surface area contributed by atoms with E-state index in [0.717, 1.165) is 6.42 Å². The molecule has 17 heavy (non-hydrogen) atoms. The number of carbonyl (C=O) groups excluding carboxylic acids is 1. The zero-order valence-corrected chi connectivity index (χ0v) is 9.49. The van der Waals surface area contributed by atoms with E-state index in [1.54, 1.807) is 24.3 Å². The van der Waals surface area contributed by atoms with Gasteiger partial charge in [0.25, 0.3) is 0 Å². The number of anilines is 1. The van der Waals surface area contributed by atoms with Crippen LogP contribution in [-0.2, 0) is 9.63 Å². The standard InChI is InChI=1S/C12H13N3O2/c1-2-4-11(14)12(16)17-15-10-6-3-5-9(7-10)8-13/h3,5-7,14-15H,2,4H2,1H3. The third-order valence-corrected chi connectivity index (χ3v) is 2.00. The fourth-order valence-corrected chi connectivity index (χ4v) is 1.17. The first-order valence-corrected chi connectivity index (χ1v) is 5.22. The van der Waals surface area contributed by atoms with Crippen LogP contribution in [0, 0.1) is 16.7 Å². The predicted octanol–water partition coefficient (Wildman–Crippen LogP) is 2.25. The molecule has 0 saturated heterocycles. The number of rotatable bonds is 5. The molecule has 88 valence electrons. The molecule has 1 aromatic carbocycles. The molecule has 0 aliphatic carbocycles. The average Bonchev–Trinajstić information content (AvgIpc) is 2.36. The molecule has 0 atom stereocenters. The molecule has 0 amide bonds. The van der Waals surface area contributed by atoms with Gasteiger partial charge >= 0.3 is 5.97 Å². The molecule has 1 rings (SSSR count). The molecule has 1 aromatic rings. The lowest BCUT2D eigenvalue weighted by Gasteiger charge is -2.06. The summed E-state index contributed by atoms with van der Waals surface area (Å²) in [7, 11) is 0. The van der Waals surface area contributed by atoms with Crippen molar-refractivity contribution >= 4 is 17.4 Å². The molecule has 0 aromatic heterocycles. The van der Waals surface area contributed by atoms with Gasteiger partial charge in [-0.2, -0.15) is 5.26 Å². The van der Waals surface area contributed by atoms with Gasteiger partial charge in [0.15, 0.2) is 0 Å². The van der Waals surface area contributed by atoms with E-state index >= 15 is 0 Å². The van der Waals surface area contributed by atoms with Crippen LogP contribution in [-0.4, -0.2) is 11.7 Å². The van der Waals surface area contributed by atoms with Crippen molar-refractivity contribution in [3.63, 3.8) is 0 Å². The number of hydrogen-bond donors (Lipinski definition) is 2. The van der Waals surface area contributed by atoms with Crippen LogP contribution < -0.4 is 5.48 Å². The Bertz CT molecular complexity index is 463. The number of nitrogens with one attached hydrogen (secondary N) is 2. The first-order chi connectivity index (χ1) is 8.17. The number of carbonyl (C=O) groups is 1. The summed E-state index contributed by atoms with van der Waals surface area (Å²) in [5.41, 5.74) is 3.31. The van der Waals surface area contributed by atoms with Crippen molar-refractivity contribution in [2.75, 3.05) is 5.48 Å². The average molecular weight is 231 g/mol. The minimum absolute atomic E-state index is 0.0727. The molecule has 0 bridgehead atoms. The molecular formula is C12H13N3O2. The maximum absolute atomic E-state index is 11.3. The van der Waals surface area contributed by atoms with Gasteiger partial charge in [0, 0.05) is 0 Å². The molecule has 0 aliphatic heterocycles. The van der Waals surface area contributed by atoms with Crippen LogP contribution in [0.4, 0.5) is 5.69 Å². The second kappa shape index (κ2) is 6.28. The monoisotopic (exact) mass is 231 g/mol. The van der Waals surface area contributed by atoms with Crippen molar-refractivity contribution in [2.24, 2.45) is 0 Å². The Morgan fingerprint density at radius 3 is 3.00 bits per heavy atom. The number of benzene rings is 1. The van der Waals surface area contributed by atoms with E-state index in [-0.39, 0.29) is 5.71 Å². The molecule has 0 radical (unpaired) electrons. The molecule has 0 aliphatic rings. The van der Waals surface area contributed by atoms with Crippen LogP contribution in [0.5, 0.6) is 0 Å². The normalized spacial score (nSPS) is 9.18. The first kappa shape index (κ1) is 12.7. The zero-order chi connectivity index (χ0) is 12.7. The summed E-state index contributed by atoms with van der Waals surface area (Å²) in [6.07, 6.45) is 1.11. The molecule has 0 fully saturated rings. The highest BCUT2D eigenvalue weighted by molar-refractivity contribution is 6.35. The molecular weight excluding hydrogens is 218 g/mol. The maximum Gasteiger partial charge on any atom is 0.376 e. The van der Waals surface area contributed by atoms with Gasteiger partial charge in [0.2, 0.25) is 0 Å². The largest absolute Gasteiger partial charge is 0.376 e. The lowest BCUT2D eigenvalue weighted by Crippen LogP contribution is -2.19. The Labute approximate surface area is 99.5 Å². The number of nitrogens with zero attached hydrogens (tertiary/aromatic N) is 1. The molecule has 0 heterocycles. The van der Waals surface area contributed by atoms with E-state index in [4.69, 9.17) is 15.5 Å². The summed E-state index contributed by atoms with van der Waals surface area (Å²) in [6.45, 7) is 1.88. The second-order valence-corrected chi connectivity index (χ2v) is 3.41. The lowest BCUT2D eigenvalue weighted by atomic mass is 10.2. The van der Waals surface area contributed by atoms with Crippen LogP contribution in [0.1, 0.15) is 25.3 Å². The Balaban J connectivity index is 2.53. The highest BCUT2D eigenvalue weighted by Crippen LogP contribution is 2.09. The fraction of sp³-hybridized carbons (Fsp3) is 0.250. The highest BCUT2D eigenvalue weighted by atomic mass is 16.7. The minimum Gasteiger partial charge on any atom is -0.337 e. The number of nitriles is 1. The first-order valence-electron chi connectivity index (χ1n) is 5.22. The third-order valence-electron chi connectivity index (χ3n) is 2.00. The Hall–Kier alpha value is -2.35. The van der Waals surface area contributed by atoms with Crippen molar-refractivity contribution in [3.05, 3.63) is 29.8 Å². The Kier molecular flexibility index (Phi) is 4.70. The predicted molar refractivity (Wildman–Crippen MR) is 63.5 cm³/mol. The highest BCUT2D eigenvalue weighted by Gasteiger charge is 2.10. The van der Waals surface area contributed by atoms with Crippen LogP contribution in [0.15, 0.2) is 24.3 Å². The molecule has 0 unspecified atom stereocenters. The summed E-state index contributed by atoms with van der Waals surface area (Å²) in [5.74, 6) is -0.700. The van der Waals surface area contributed by atoms with Gasteiger partial charge in [-0.05, 0) is 24.6 Å². The van der Waals surface area contributed by atoms with Gasteiger partial charge in [0.05, 0.1) is 17.3 Å². The summed E-state index contributed by atoms with van der Waals surface area (Å²) in [4.78, 5) is 16.0. The van der Waals surface area contributed by atoms with E-state index in [0.29, 0.717) is 17.7 Å². The topological polar surface area (TPSA) is 86.0 Å². The van der Waals surface area contributed by atoms with Crippen molar-refractivity contribution in [1.29, 1.82) is 10.7 Å². The van der Waals surface area contributed by atoms with Crippen LogP contribution in [0.25, 0.3) is 0 Å². The van der Waals surface area contributed by atoms with Gasteiger partial charge in [-0.3, -0.25) is 5.41 Å². The van der Waals surface area contributed by atoms with Gasteiger partial charge in [-0.15, -0.1) is 0 Å². The lowest BCUT2D eigenvalue weighted by molar-refractivity contribution is -0.133. The minimum atomic E-state index is -0.700. The summed E-state index contributed by atoms with van der Waals surface area (Å²) < 4.78 is 0. The summed E-state index contributed by atoms with van der Waals surface area (Å²) >= 11 is 0. The quantitative estimate of drug-likeness (QED) is 0.601. The van der Waals surface area contributed by atoms with E-state index in [2.05, 4.69) is 5.48 Å². The molecule has 2 N–H and O–H groups in total. The van der Waals surface area contributed by atoms with Crippen LogP contribution in [0.3, 0.4) is 0 Å². The smallest absolute Gasteiger partial charge is 0.337 e. The van der Waals surface area contributed by atoms with Crippen molar-refractivity contribution in [1.82, 2.24) is 0 Å². The summed E-state index contributed by atoms with van der Waals surface area (Å²) in [6, 6.07) is 8.51. The maximum atomic E-state index is 11.3. The Morgan fingerprint density at radius 1 is 1.59 bits per heavy atom. The molecule has 0 saturated carbocycles. The van der Waals surface area contributed by atoms with E-state index in [9.17, 15) is 4.79 Å². The van der Waals surface area contributed by atoms with E-state index < -0.39 is 5.97 Å². The van der Waals surface area contributed by atoms with Crippen LogP contribution in [0.2, 0.25) is 0 Å². The van der Waals surface area contributed by atoms with E-state index in [1.165, 1.54) is 0 Å². The van der Waals surface area contributed by atoms with Gasteiger partial charge in [-0.25, -0.2) is 10.3 Å². The van der Waals surface area contributed by atoms with Crippen molar-refractivity contribution in [3.8, 4) is 6.07 Å². The molecule has 0 spiro atoms. The third kappa shape index (κ3) is 3.95. The fourth-order valence-electron chi connectivity index (χ4n) is 1.17. The number of hydrogen-bond acceptors (Lipinski definition) is 5. The molecule has 5 heteroatoms. The second-order valence-electron chi connectivity index (χ2n) is 3.41. The zero-order valence-electron chi connectivity index (χ0n) is 9.49. The molecule has 5 nitrogen and oxygen atoms in total. The van der Waals surface area contributed by atoms with Crippen molar-refractivity contribution < 1.29 is 9.63 Å². The SMILES string of the molecule is CCCC(=N)C(=O)ONc1cccc(C#N)c1. The van der Waals surface area contributed by atoms with Crippen molar-refractivity contribution in [2.45, 2.75) is 19.8 Å². The Morgan fingerprint density at radius 2 is 2.35 bits per heavy atom. The van der Waals surface area contributed by atoms with Gasteiger partial charge < -0.3 is 4.84 Å². The van der Waals surface area contributed by atoms with E-state index in [1.807, 2.05) is 13.0 Å².